The number of hydrogen-bond acceptors (Lipinski definition) is 4. The van der Waals surface area contributed by atoms with E-state index < -0.39 is 5.41 Å². The van der Waals surface area contributed by atoms with Gasteiger partial charge >= 0.3 is 0 Å². The second-order valence-corrected chi connectivity index (χ2v) is 6.24. The van der Waals surface area contributed by atoms with E-state index in [1.54, 1.807) is 20.8 Å². The maximum atomic E-state index is 12.3. The molecule has 0 aromatic carbocycles. The van der Waals surface area contributed by atoms with Gasteiger partial charge < -0.3 is 10.1 Å². The smallest absolute Gasteiger partial charge is 0.290 e. The quantitative estimate of drug-likeness (QED) is 0.904. The number of rotatable bonds is 2. The maximum absolute atomic E-state index is 12.3. The van der Waals surface area contributed by atoms with E-state index in [1.165, 1.54) is 10.7 Å². The number of halogens is 1. The second-order valence-electron chi connectivity index (χ2n) is 5.85. The molecule has 2 rings (SSSR count). The summed E-state index contributed by atoms with van der Waals surface area (Å²) in [7, 11) is 0. The van der Waals surface area contributed by atoms with Crippen LogP contribution in [0.1, 0.15) is 33.2 Å². The number of ether oxygens (including phenoxy) is 1. The Bertz CT molecular complexity index is 571. The second kappa shape index (κ2) is 5.54. The molecule has 0 aliphatic carbocycles. The average Bonchev–Trinajstić information content (AvgIpc) is 2.85. The number of hydrogen-bond donors (Lipinski definition) is 1. The van der Waals surface area contributed by atoms with Crippen LogP contribution in [0, 0.1) is 5.41 Å². The molecule has 1 N–H and O–H groups in total. The van der Waals surface area contributed by atoms with Gasteiger partial charge in [-0.15, -0.1) is 0 Å². The number of amides is 1. The van der Waals surface area contributed by atoms with Crippen molar-refractivity contribution in [3.05, 3.63) is 21.6 Å². The van der Waals surface area contributed by atoms with Crippen molar-refractivity contribution in [3.63, 3.8) is 0 Å². The first-order chi connectivity index (χ1) is 9.29. The molecule has 1 aliphatic rings. The first-order valence-corrected chi connectivity index (χ1v) is 6.85. The van der Waals surface area contributed by atoms with Crippen LogP contribution in [0.4, 0.5) is 5.69 Å². The van der Waals surface area contributed by atoms with Crippen LogP contribution >= 0.6 is 11.6 Å². The third-order valence-electron chi connectivity index (χ3n) is 3.09. The fourth-order valence-corrected chi connectivity index (χ4v) is 2.03. The molecule has 0 saturated carbocycles. The van der Waals surface area contributed by atoms with Crippen molar-refractivity contribution in [2.45, 2.75) is 33.2 Å². The van der Waals surface area contributed by atoms with Gasteiger partial charge in [0.1, 0.15) is 5.69 Å². The first kappa shape index (κ1) is 15.0. The predicted molar refractivity (Wildman–Crippen MR) is 76.1 cm³/mol. The number of nitrogens with zero attached hydrogens (tertiary/aromatic N) is 2. The van der Waals surface area contributed by atoms with Crippen molar-refractivity contribution >= 4 is 23.2 Å². The molecule has 1 fully saturated rings. The Hall–Kier alpha value is -1.40. The maximum Gasteiger partial charge on any atom is 0.290 e. The van der Waals surface area contributed by atoms with Crippen molar-refractivity contribution in [3.8, 4) is 0 Å². The van der Waals surface area contributed by atoms with Crippen molar-refractivity contribution < 1.29 is 9.53 Å². The molecular formula is C13H18ClN3O3. The summed E-state index contributed by atoms with van der Waals surface area (Å²) >= 11 is 5.94. The molecule has 1 atom stereocenters. The van der Waals surface area contributed by atoms with Gasteiger partial charge in [-0.3, -0.25) is 9.59 Å². The third kappa shape index (κ3) is 3.19. The molecule has 2 heterocycles. The van der Waals surface area contributed by atoms with Gasteiger partial charge in [-0.2, -0.15) is 5.10 Å². The summed E-state index contributed by atoms with van der Waals surface area (Å²) < 4.78 is 6.55. The van der Waals surface area contributed by atoms with E-state index >= 15 is 0 Å². The zero-order valence-electron chi connectivity index (χ0n) is 11.8. The lowest BCUT2D eigenvalue weighted by molar-refractivity contribution is -0.123. The molecule has 1 aliphatic heterocycles. The lowest BCUT2D eigenvalue weighted by atomic mass is 9.96. The largest absolute Gasteiger partial charge is 0.379 e. The van der Waals surface area contributed by atoms with Crippen LogP contribution < -0.4 is 10.9 Å². The Labute approximate surface area is 122 Å². The fourth-order valence-electron chi connectivity index (χ4n) is 1.84. The summed E-state index contributed by atoms with van der Waals surface area (Å²) in [5.74, 6) is -0.244. The molecule has 6 nitrogen and oxygen atoms in total. The molecule has 1 saturated heterocycles. The van der Waals surface area contributed by atoms with Gasteiger partial charge in [0.25, 0.3) is 5.56 Å². The minimum absolute atomic E-state index is 0.133. The molecule has 0 spiro atoms. The molecule has 20 heavy (non-hydrogen) atoms. The van der Waals surface area contributed by atoms with E-state index in [1.807, 2.05) is 0 Å². The number of anilines is 1. The zero-order chi connectivity index (χ0) is 14.9. The van der Waals surface area contributed by atoms with Gasteiger partial charge in [0.15, 0.2) is 5.15 Å². The average molecular weight is 300 g/mol. The number of aromatic nitrogens is 2. The fraction of sp³-hybridized carbons (Fsp3) is 0.615. The standard InChI is InChI=1S/C13H18ClN3O3/c1-13(2,3)12(19)15-9-6-10(14)16-17(11(9)18)8-4-5-20-7-8/h6,8H,4-5,7H2,1-3H3,(H,15,19)/t8-/m0/s1. The van der Waals surface area contributed by atoms with Crippen LogP contribution in [0.15, 0.2) is 10.9 Å². The monoisotopic (exact) mass is 299 g/mol. The zero-order valence-corrected chi connectivity index (χ0v) is 12.5. The van der Waals surface area contributed by atoms with Gasteiger partial charge in [-0.1, -0.05) is 32.4 Å². The van der Waals surface area contributed by atoms with E-state index in [4.69, 9.17) is 16.3 Å². The highest BCUT2D eigenvalue weighted by molar-refractivity contribution is 6.29. The third-order valence-corrected chi connectivity index (χ3v) is 3.27. The molecule has 1 amide bonds. The van der Waals surface area contributed by atoms with E-state index in [-0.39, 0.29) is 28.3 Å². The SMILES string of the molecule is CC(C)(C)C(=O)Nc1cc(Cl)nn([C@H]2CCOC2)c1=O. The number of carbonyl (C=O) groups excluding carboxylic acids is 1. The Morgan fingerprint density at radius 1 is 1.55 bits per heavy atom. The van der Waals surface area contributed by atoms with Crippen LogP contribution in [-0.4, -0.2) is 28.9 Å². The van der Waals surface area contributed by atoms with Crippen LogP contribution in [0.25, 0.3) is 0 Å². The lowest BCUT2D eigenvalue weighted by Crippen LogP contribution is -2.34. The lowest BCUT2D eigenvalue weighted by Gasteiger charge is -2.18. The normalized spacial score (nSPS) is 19.1. The van der Waals surface area contributed by atoms with Gasteiger partial charge in [0, 0.05) is 18.1 Å². The summed E-state index contributed by atoms with van der Waals surface area (Å²) in [5.41, 5.74) is -0.803. The molecule has 0 radical (unpaired) electrons. The highest BCUT2D eigenvalue weighted by Gasteiger charge is 2.25. The minimum Gasteiger partial charge on any atom is -0.379 e. The van der Waals surface area contributed by atoms with Crippen molar-refractivity contribution in [2.75, 3.05) is 18.5 Å². The number of carbonyl (C=O) groups is 1. The minimum atomic E-state index is -0.594. The van der Waals surface area contributed by atoms with E-state index in [9.17, 15) is 9.59 Å². The summed E-state index contributed by atoms with van der Waals surface area (Å²) in [6.07, 6.45) is 0.708. The van der Waals surface area contributed by atoms with Crippen molar-refractivity contribution in [1.29, 1.82) is 0 Å². The van der Waals surface area contributed by atoms with Crippen molar-refractivity contribution in [1.82, 2.24) is 9.78 Å². The summed E-state index contributed by atoms with van der Waals surface area (Å²) in [4.78, 5) is 24.3. The highest BCUT2D eigenvalue weighted by Crippen LogP contribution is 2.20. The number of nitrogens with one attached hydrogen (secondary N) is 1. The summed E-state index contributed by atoms with van der Waals surface area (Å²) in [5, 5.41) is 6.81. The van der Waals surface area contributed by atoms with E-state index in [2.05, 4.69) is 10.4 Å². The molecule has 110 valence electrons. The molecule has 1 aromatic heterocycles. The Kier molecular flexibility index (Phi) is 4.15. The topological polar surface area (TPSA) is 73.2 Å². The summed E-state index contributed by atoms with van der Waals surface area (Å²) in [6, 6.07) is 1.24. The summed E-state index contributed by atoms with van der Waals surface area (Å²) in [6.45, 7) is 6.34. The molecule has 0 unspecified atom stereocenters. The van der Waals surface area contributed by atoms with E-state index in [0.717, 1.165) is 0 Å². The van der Waals surface area contributed by atoms with Gasteiger partial charge in [0.05, 0.1) is 12.6 Å². The van der Waals surface area contributed by atoms with Gasteiger partial charge in [-0.05, 0) is 6.42 Å². The van der Waals surface area contributed by atoms with Crippen LogP contribution in [0.2, 0.25) is 5.15 Å². The Morgan fingerprint density at radius 2 is 2.25 bits per heavy atom. The Balaban J connectivity index is 2.34. The Morgan fingerprint density at radius 3 is 2.80 bits per heavy atom. The molecule has 7 heteroatoms. The van der Waals surface area contributed by atoms with Crippen molar-refractivity contribution in [2.24, 2.45) is 5.41 Å². The van der Waals surface area contributed by atoms with Crippen LogP contribution in [0.3, 0.4) is 0 Å². The van der Waals surface area contributed by atoms with Gasteiger partial charge in [-0.25, -0.2) is 4.68 Å². The van der Waals surface area contributed by atoms with Gasteiger partial charge in [0.2, 0.25) is 5.91 Å². The van der Waals surface area contributed by atoms with E-state index in [0.29, 0.717) is 19.6 Å². The predicted octanol–water partition coefficient (Wildman–Crippen LogP) is 1.84. The molecule has 1 aromatic rings. The molecule has 0 bridgehead atoms. The first-order valence-electron chi connectivity index (χ1n) is 6.47. The molecular weight excluding hydrogens is 282 g/mol. The van der Waals surface area contributed by atoms with Crippen LogP contribution in [-0.2, 0) is 9.53 Å². The highest BCUT2D eigenvalue weighted by atomic mass is 35.5. The van der Waals surface area contributed by atoms with Crippen LogP contribution in [0.5, 0.6) is 0 Å².